The van der Waals surface area contributed by atoms with E-state index >= 15 is 4.39 Å². The van der Waals surface area contributed by atoms with Crippen molar-refractivity contribution in [2.75, 3.05) is 26.1 Å². The fourth-order valence-corrected chi connectivity index (χ4v) is 8.23. The van der Waals surface area contributed by atoms with Crippen molar-refractivity contribution in [1.29, 1.82) is 0 Å². The molecular weight excluding hydrogens is 691 g/mol. The van der Waals surface area contributed by atoms with Crippen LogP contribution in [-0.2, 0) is 55.7 Å². The normalized spacial score (nSPS) is 36.6. The summed E-state index contributed by atoms with van der Waals surface area (Å²) in [6.45, 7) is -5.45. The molecule has 4 aromatic heterocycles. The number of methoxy groups -OCH3 is 1. The lowest BCUT2D eigenvalue weighted by molar-refractivity contribution is -0.0592. The van der Waals surface area contributed by atoms with E-state index in [1.807, 2.05) is 0 Å². The molecule has 10 atom stereocenters. The predicted molar refractivity (Wildman–Crippen MR) is 160 cm³/mol. The van der Waals surface area contributed by atoms with Crippen LogP contribution in [0.2, 0.25) is 0 Å². The number of halogens is 2. The minimum Gasteiger partial charge on any atom is -0.382 e. The number of hydrogen-bond donors (Lipinski definition) is 2. The molecule has 18 nitrogen and oxygen atoms in total. The third kappa shape index (κ3) is 5.74. The Labute approximate surface area is 269 Å². The number of fused-ring (bicyclic) bond motifs is 4. The molecule has 4 unspecified atom stereocenters. The molecule has 0 amide bonds. The van der Waals surface area contributed by atoms with Gasteiger partial charge in [-0.25, -0.2) is 28.7 Å². The van der Waals surface area contributed by atoms with E-state index in [0.29, 0.717) is 0 Å². The Morgan fingerprint density at radius 2 is 1.79 bits per heavy atom. The molecule has 3 saturated heterocycles. The van der Waals surface area contributed by atoms with E-state index in [9.17, 15) is 18.6 Å². The van der Waals surface area contributed by atoms with E-state index in [2.05, 4.69) is 19.9 Å². The third-order valence-corrected chi connectivity index (χ3v) is 10.6. The highest BCUT2D eigenvalue weighted by molar-refractivity contribution is 8.07. The maximum Gasteiger partial charge on any atom is 0.325 e. The number of rotatable bonds is 3. The molecule has 2 radical (unpaired) electrons. The average Bonchev–Trinajstić information content (AvgIpc) is 3.76. The Bertz CT molecular complexity index is 2020. The van der Waals surface area contributed by atoms with Gasteiger partial charge in [0.25, 0.3) is 13.0 Å². The smallest absolute Gasteiger partial charge is 0.325 e. The van der Waals surface area contributed by atoms with Gasteiger partial charge in [-0.2, -0.15) is 0 Å². The average molecular weight is 716 g/mol. The fourth-order valence-electron chi connectivity index (χ4n) is 5.78. The van der Waals surface area contributed by atoms with Crippen LogP contribution in [0.3, 0.4) is 0 Å². The van der Waals surface area contributed by atoms with Gasteiger partial charge < -0.3 is 47.5 Å². The molecule has 4 aromatic rings. The monoisotopic (exact) mass is 716 g/mol. The Balaban J connectivity index is 1.19. The number of aromatic nitrogens is 7. The number of aryl methyl sites for hydroxylation is 1. The van der Waals surface area contributed by atoms with Gasteiger partial charge in [0.1, 0.15) is 47.8 Å². The van der Waals surface area contributed by atoms with Crippen molar-refractivity contribution in [3.05, 3.63) is 41.3 Å². The van der Waals surface area contributed by atoms with Crippen LogP contribution in [0.1, 0.15) is 12.5 Å². The minimum atomic E-state index is -4.58. The van der Waals surface area contributed by atoms with Crippen LogP contribution in [0.15, 0.2) is 30.0 Å². The topological polar surface area (TPSA) is 211 Å². The van der Waals surface area contributed by atoms with E-state index < -0.39 is 87.9 Å². The highest BCUT2D eigenvalue weighted by Gasteiger charge is 2.53. The maximum atomic E-state index is 16.0. The zero-order chi connectivity index (χ0) is 33.4. The first kappa shape index (κ1) is 32.8. The quantitative estimate of drug-likeness (QED) is 0.221. The van der Waals surface area contributed by atoms with Crippen molar-refractivity contribution >= 4 is 61.6 Å². The zero-order valence-electron chi connectivity index (χ0n) is 24.3. The van der Waals surface area contributed by atoms with Gasteiger partial charge in [0.05, 0.1) is 25.9 Å². The molecule has 3 aliphatic heterocycles. The number of alkyl halides is 1. The molecule has 0 spiro atoms. The molecule has 0 aliphatic carbocycles. The number of hydrogen-bond acceptors (Lipinski definition) is 15. The Kier molecular flexibility index (Phi) is 8.36. The van der Waals surface area contributed by atoms with Crippen LogP contribution in [0.5, 0.6) is 0 Å². The predicted octanol–water partition coefficient (Wildman–Crippen LogP) is 0.755. The first-order chi connectivity index (χ1) is 22.3. The van der Waals surface area contributed by atoms with Gasteiger partial charge in [-0.3, -0.25) is 18.5 Å². The highest BCUT2D eigenvalue weighted by Crippen LogP contribution is 2.54. The summed E-state index contributed by atoms with van der Waals surface area (Å²) in [6, 6.07) is 0. The van der Waals surface area contributed by atoms with Crippen molar-refractivity contribution in [1.82, 2.24) is 33.6 Å². The summed E-state index contributed by atoms with van der Waals surface area (Å²) < 4.78 is 87.9. The number of anilines is 1. The van der Waals surface area contributed by atoms with Crippen molar-refractivity contribution in [2.24, 2.45) is 7.05 Å². The number of nitrogens with zero attached hydrogens (tertiary/aromatic N) is 7. The van der Waals surface area contributed by atoms with Crippen molar-refractivity contribution in [2.45, 2.75) is 49.1 Å². The summed E-state index contributed by atoms with van der Waals surface area (Å²) in [5.74, 6) is -0.831. The number of nitrogens with two attached hydrogens (primary N) is 1. The second-order valence-corrected chi connectivity index (χ2v) is 15.2. The molecule has 7 rings (SSSR count). The van der Waals surface area contributed by atoms with E-state index in [4.69, 9.17) is 57.4 Å². The van der Waals surface area contributed by atoms with Crippen molar-refractivity contribution in [3.8, 4) is 0 Å². The molecule has 3 fully saturated rings. The van der Waals surface area contributed by atoms with Gasteiger partial charge in [0.2, 0.25) is 7.57 Å². The third-order valence-electron chi connectivity index (χ3n) is 7.95. The van der Waals surface area contributed by atoms with Gasteiger partial charge in [0.15, 0.2) is 41.6 Å². The summed E-state index contributed by atoms with van der Waals surface area (Å²) >= 11 is 5.27. The maximum absolute atomic E-state index is 16.0. The molecular formula is C23H25BF2N8O10P2S. The van der Waals surface area contributed by atoms with Crippen LogP contribution in [0.25, 0.3) is 22.2 Å². The number of nitrogen functional groups attached to an aromatic ring is 1. The lowest BCUT2D eigenvalue weighted by Gasteiger charge is -2.30. The lowest BCUT2D eigenvalue weighted by atomic mass is 10.1. The largest absolute Gasteiger partial charge is 0.382 e. The second-order valence-electron chi connectivity index (χ2n) is 10.8. The van der Waals surface area contributed by atoms with E-state index in [0.717, 1.165) is 17.1 Å². The molecule has 0 bridgehead atoms. The highest BCUT2D eigenvalue weighted by atomic mass is 32.5. The number of ether oxygens (including phenoxy) is 3. The van der Waals surface area contributed by atoms with Crippen molar-refractivity contribution in [3.63, 3.8) is 0 Å². The van der Waals surface area contributed by atoms with Gasteiger partial charge in [0, 0.05) is 20.4 Å². The lowest BCUT2D eigenvalue weighted by Crippen LogP contribution is -2.39. The summed E-state index contributed by atoms with van der Waals surface area (Å²) in [4.78, 5) is 39.9. The van der Waals surface area contributed by atoms with Crippen LogP contribution in [-0.4, -0.2) is 103 Å². The fraction of sp³-hybridized carbons (Fsp3) is 0.522. The van der Waals surface area contributed by atoms with Crippen LogP contribution in [0.4, 0.5) is 14.6 Å². The molecule has 3 aliphatic rings. The molecule has 24 heteroatoms. The molecule has 3 N–H and O–H groups in total. The Morgan fingerprint density at radius 3 is 2.55 bits per heavy atom. The first-order valence-corrected chi connectivity index (χ1v) is 18.0. The van der Waals surface area contributed by atoms with Crippen molar-refractivity contribution < 1.29 is 50.5 Å². The molecule has 0 saturated carbocycles. The van der Waals surface area contributed by atoms with Crippen LogP contribution >= 0.6 is 14.2 Å². The summed E-state index contributed by atoms with van der Waals surface area (Å²) in [6.07, 6.45) is -6.85. The summed E-state index contributed by atoms with van der Waals surface area (Å²) in [7, 11) is 4.03. The SMILES string of the molecule is [B]P1(=O)OC[C@H]2O[C@@H](n3cc(F)c4c(=O)n(C)cnc43)[C@@H](OC)C2OP(O)(=S)OC[C@H]2O[C@@H](n3cnc4c(N)ncnc43)C(F)[C@H]2O1. The van der Waals surface area contributed by atoms with E-state index in [-0.39, 0.29) is 28.0 Å². The zero-order valence-corrected chi connectivity index (χ0v) is 26.9. The molecule has 47 heavy (non-hydrogen) atoms. The molecule has 250 valence electrons. The van der Waals surface area contributed by atoms with Crippen LogP contribution < -0.4 is 11.3 Å². The summed E-state index contributed by atoms with van der Waals surface area (Å²) in [5, 5.41) is -0.308. The Morgan fingerprint density at radius 1 is 1.06 bits per heavy atom. The summed E-state index contributed by atoms with van der Waals surface area (Å²) in [5.41, 5.74) is 5.45. The van der Waals surface area contributed by atoms with Gasteiger partial charge in [-0.05, 0) is 11.8 Å². The minimum absolute atomic E-state index is 0.0474. The van der Waals surface area contributed by atoms with E-state index in [1.54, 1.807) is 0 Å². The Hall–Kier alpha value is -2.75. The standard InChI is InChI=1S/C23H25BF2N8O10P2S/c1-32-7-31-19-12(21(32)35)9(25)3-33(19)23-17(38-2)16-11(42-23)4-39-45(24,36)43-15-10(5-40-46(37,47)44-16)41-22(13(15)26)34-8-30-14-18(27)28-6-29-20(14)34/h3,6-8,10-11,13,15-17,22-23H,4-5H2,1-2H3,(H,37,47)(H2,27,28,29)/t10-,11-,13?,15+,16?,17+,22-,23-,45?,46?/m1/s1. The first-order valence-electron chi connectivity index (χ1n) is 13.8. The van der Waals surface area contributed by atoms with Gasteiger partial charge in [-0.1, -0.05) is 0 Å². The van der Waals surface area contributed by atoms with Gasteiger partial charge in [-0.15, -0.1) is 0 Å². The van der Waals surface area contributed by atoms with Gasteiger partial charge >= 0.3 is 6.72 Å². The van der Waals surface area contributed by atoms with E-state index in [1.165, 1.54) is 35.9 Å². The molecule has 0 aromatic carbocycles. The van der Waals surface area contributed by atoms with Crippen LogP contribution in [0, 0.1) is 5.82 Å². The number of imidazole rings is 1. The second kappa shape index (κ2) is 12.0. The molecule has 7 heterocycles.